The zero-order valence-electron chi connectivity index (χ0n) is 81.6. The van der Waals surface area contributed by atoms with Crippen molar-refractivity contribution in [3.8, 4) is 40.8 Å². The predicted molar refractivity (Wildman–Crippen MR) is 539 cm³/mol. The fraction of sp³-hybridized carbons (Fsp3) is 0.500. The van der Waals surface area contributed by atoms with Crippen LogP contribution in [0.5, 0.6) is 40.8 Å². The molecule has 0 bridgehead atoms. The molecule has 0 radical (unpaired) electrons. The molecule has 0 amide bonds. The van der Waals surface area contributed by atoms with Crippen molar-refractivity contribution in [2.75, 3.05) is 102 Å². The van der Waals surface area contributed by atoms with Gasteiger partial charge in [-0.3, -0.25) is 0 Å². The normalized spacial score (nSPS) is 20.3. The van der Waals surface area contributed by atoms with Gasteiger partial charge >= 0.3 is 23.9 Å². The van der Waals surface area contributed by atoms with Crippen LogP contribution >= 0.6 is 15.9 Å². The van der Waals surface area contributed by atoms with E-state index in [1.807, 2.05) is 72.8 Å². The van der Waals surface area contributed by atoms with Crippen LogP contribution in [-0.2, 0) is 29.1 Å². The molecule has 7 aromatic carbocycles. The molecular weight excluding hydrogens is 1840 g/mol. The number of nitrogens with zero attached hydrogens (tertiary/aromatic N) is 14. The van der Waals surface area contributed by atoms with Crippen molar-refractivity contribution < 1.29 is 72.0 Å². The summed E-state index contributed by atoms with van der Waals surface area (Å²) in [7, 11) is 4.90. The fourth-order valence-corrected chi connectivity index (χ4v) is 20.3. The second-order valence-electron chi connectivity index (χ2n) is 37.4. The van der Waals surface area contributed by atoms with Crippen LogP contribution in [0.3, 0.4) is 0 Å². The van der Waals surface area contributed by atoms with Gasteiger partial charge < -0.3 is 72.9 Å². The number of hydrogen-bond donors (Lipinski definition) is 4. The Kier molecular flexibility index (Phi) is 37.9. The molecule has 32 heteroatoms. The molecule has 11 aromatic rings. The molecule has 8 fully saturated rings. The van der Waals surface area contributed by atoms with Gasteiger partial charge in [0.1, 0.15) is 41.7 Å². The standard InChI is InChI=1S/C30H38N4O4.C28H34N4O4.C25H28BrN3O4.C20H26N4O3.C5H11N/c1-3-37-30(35)28-29(34(32-31-28)21-22-7-15-26(36-2)16-8-22)38-27-17-11-24(12-18-27)23-9-13-25(14-10-23)33-19-5-4-6-20-33;1-35-24-13-5-20(6-14-24)19-32-27(26(28(33)34)29-30-32)36-25-15-9-22(10-16-25)21-7-11-23(12-8-21)31-17-3-2-4-18-31;1-3-32-25(30)23-24(29(28-27-23)16-17-4-12-21(31-2)13-5-17)33-22-14-8-19(9-15-22)18-6-10-20(26)11-7-18;25-20(26)18-19(22-23-21-18)27-17-10-6-15(7-11-17)14-4-8-16(9-5-14)24-12-2-1-3-13-24;1-2-4-6-5-3-1/h7-10,13-16,24,27H,3-6,11-12,17-21H2,1-2H3;5-8,11-14,22,25H,2-4,9-10,15-19H2,1H3,(H,33,34);4-7,10-13,19,22H,3,8-9,14-16H2,1-2H3;4-5,8-9,15,17H,1-3,6-7,10-13H2,(H,25,26)(H,21,22,23);6H,1-5H2. The van der Waals surface area contributed by atoms with Gasteiger partial charge in [-0.15, -0.1) is 15.3 Å². The number of carboxylic acids is 2. The maximum atomic E-state index is 12.6. The molecule has 0 spiro atoms. The maximum absolute atomic E-state index is 12.6. The Hall–Kier alpha value is -12.6. The number of nitrogens with one attached hydrogen (secondary N) is 2. The Morgan fingerprint density at radius 3 is 0.921 bits per heavy atom. The molecule has 4 N–H and O–H groups in total. The van der Waals surface area contributed by atoms with Crippen LogP contribution in [0.25, 0.3) is 0 Å². The van der Waals surface area contributed by atoms with E-state index >= 15 is 0 Å². The van der Waals surface area contributed by atoms with E-state index in [4.69, 9.17) is 47.7 Å². The Labute approximate surface area is 829 Å². The van der Waals surface area contributed by atoms with Crippen LogP contribution in [0, 0.1) is 0 Å². The van der Waals surface area contributed by atoms with Crippen LogP contribution in [-0.4, -0.2) is 206 Å². The van der Waals surface area contributed by atoms with Crippen LogP contribution in [0.2, 0.25) is 0 Å². The van der Waals surface area contributed by atoms with Gasteiger partial charge in [-0.2, -0.15) is 0 Å². The van der Waals surface area contributed by atoms with E-state index in [1.165, 1.54) is 160 Å². The number of aromatic carboxylic acids is 2. The molecule has 8 heterocycles. The van der Waals surface area contributed by atoms with E-state index in [9.17, 15) is 24.3 Å². The topological polar surface area (TPSA) is 347 Å². The molecule has 4 saturated carbocycles. The molecule has 19 rings (SSSR count). The smallest absolute Gasteiger partial charge is 0.364 e. The van der Waals surface area contributed by atoms with E-state index < -0.39 is 23.9 Å². The summed E-state index contributed by atoms with van der Waals surface area (Å²) < 4.78 is 56.8. The number of anilines is 3. The third kappa shape index (κ3) is 28.6. The number of rotatable bonds is 30. The van der Waals surface area contributed by atoms with Crippen LogP contribution < -0.4 is 53.2 Å². The number of halogens is 1. The average Bonchev–Trinajstić information content (AvgIpc) is 1.72. The molecule has 4 aliphatic heterocycles. The summed E-state index contributed by atoms with van der Waals surface area (Å²) in [5.74, 6) is 2.23. The summed E-state index contributed by atoms with van der Waals surface area (Å²) in [5, 5.41) is 56.3. The first-order chi connectivity index (χ1) is 68.5. The van der Waals surface area contributed by atoms with Gasteiger partial charge in [0.25, 0.3) is 5.88 Å². The average molecular weight is 1980 g/mol. The van der Waals surface area contributed by atoms with Gasteiger partial charge in [0.05, 0.1) is 54.2 Å². The van der Waals surface area contributed by atoms with Crippen LogP contribution in [0.4, 0.5) is 17.1 Å². The highest BCUT2D eigenvalue weighted by Gasteiger charge is 2.35. The number of hydrogen-bond acceptors (Lipinski definition) is 25. The van der Waals surface area contributed by atoms with Crippen LogP contribution in [0.1, 0.15) is 298 Å². The lowest BCUT2D eigenvalue weighted by atomic mass is 9.82. The molecule has 140 heavy (non-hydrogen) atoms. The lowest BCUT2D eigenvalue weighted by molar-refractivity contribution is 0.0496. The third-order valence-electron chi connectivity index (χ3n) is 28.0. The van der Waals surface area contributed by atoms with Crippen LogP contribution in [0.15, 0.2) is 174 Å². The number of esters is 2. The second kappa shape index (κ2) is 52.1. The monoisotopic (exact) mass is 1980 g/mol. The highest BCUT2D eigenvalue weighted by molar-refractivity contribution is 9.10. The van der Waals surface area contributed by atoms with Gasteiger partial charge in [0.15, 0.2) is 0 Å². The Balaban J connectivity index is 0.000000139. The largest absolute Gasteiger partial charge is 0.497 e. The van der Waals surface area contributed by atoms with Crippen molar-refractivity contribution in [2.24, 2.45) is 0 Å². The number of methoxy groups -OCH3 is 3. The quantitative estimate of drug-likeness (QED) is 0.0304. The number of carbonyl (C=O) groups is 4. The first kappa shape index (κ1) is 102. The van der Waals surface area contributed by atoms with Gasteiger partial charge in [-0.05, 0) is 348 Å². The van der Waals surface area contributed by atoms with Gasteiger partial charge in [0, 0.05) is 60.8 Å². The minimum atomic E-state index is -1.13. The molecule has 4 aliphatic carbocycles. The summed E-state index contributed by atoms with van der Waals surface area (Å²) >= 11 is 3.50. The van der Waals surface area contributed by atoms with Crippen molar-refractivity contribution >= 4 is 56.9 Å². The first-order valence-electron chi connectivity index (χ1n) is 50.6. The molecule has 4 aromatic heterocycles. The minimum absolute atomic E-state index is 0.000155. The molecule has 4 saturated heterocycles. The van der Waals surface area contributed by atoms with Crippen molar-refractivity contribution in [2.45, 2.75) is 261 Å². The number of carbonyl (C=O) groups excluding carboxylic acids is 2. The Bertz CT molecular complexity index is 5600. The number of piperidine rings is 4. The van der Waals surface area contributed by atoms with E-state index in [0.717, 1.165) is 154 Å². The summed E-state index contributed by atoms with van der Waals surface area (Å²) in [6.07, 6.45) is 31.3. The molecule has 0 atom stereocenters. The van der Waals surface area contributed by atoms with Gasteiger partial charge in [-0.1, -0.05) is 133 Å². The van der Waals surface area contributed by atoms with Crippen molar-refractivity contribution in [1.29, 1.82) is 0 Å². The lowest BCUT2D eigenvalue weighted by Gasteiger charge is -2.31. The highest BCUT2D eigenvalue weighted by atomic mass is 79.9. The molecule has 31 nitrogen and oxygen atoms in total. The van der Waals surface area contributed by atoms with E-state index in [1.54, 1.807) is 44.5 Å². The van der Waals surface area contributed by atoms with E-state index in [0.29, 0.717) is 55.1 Å². The number of aromatic nitrogens is 12. The highest BCUT2D eigenvalue weighted by Crippen LogP contribution is 2.42. The lowest BCUT2D eigenvalue weighted by Crippen LogP contribution is -2.29. The summed E-state index contributed by atoms with van der Waals surface area (Å²) in [5.41, 5.74) is 12.5. The third-order valence-corrected chi connectivity index (χ3v) is 28.6. The van der Waals surface area contributed by atoms with Crippen molar-refractivity contribution in [1.82, 2.24) is 65.7 Å². The maximum Gasteiger partial charge on any atom is 0.364 e. The predicted octanol–water partition coefficient (Wildman–Crippen LogP) is 20.5. The molecule has 0 unspecified atom stereocenters. The Morgan fingerprint density at radius 1 is 0.350 bits per heavy atom. The number of aromatic amines is 1. The molecular formula is C108H137BrN16O15. The SMILES string of the molecule is C1CCNCC1.CCOC(=O)c1nnn(Cc2ccc(OC)cc2)c1OC1CCC(c2ccc(Br)cc2)CC1.CCOC(=O)c1nnn(Cc2ccc(OC)cc2)c1OC1CCC(c2ccc(N3CCCCC3)cc2)CC1.COc1ccc(Cn2nnc(C(=O)O)c2OC2CCC(c3ccc(N4CCCCC4)cc3)CC2)cc1.O=C(O)c1[nH]nnc1OC1CCC(c2ccc(N3CCCCC3)cc2)CC1. The molecule has 746 valence electrons. The summed E-state index contributed by atoms with van der Waals surface area (Å²) in [6, 6.07) is 58.9. The number of H-pyrrole nitrogens is 1. The van der Waals surface area contributed by atoms with E-state index in [2.05, 4.69) is 179 Å². The first-order valence-corrected chi connectivity index (χ1v) is 51.4. The van der Waals surface area contributed by atoms with E-state index in [-0.39, 0.29) is 72.2 Å². The Morgan fingerprint density at radius 2 is 0.643 bits per heavy atom. The zero-order chi connectivity index (χ0) is 97.3. The number of carboxylic acid groups (broad SMARTS) is 2. The molecule has 8 aliphatic rings. The minimum Gasteiger partial charge on any atom is -0.497 e. The second-order valence-corrected chi connectivity index (χ2v) is 38.4. The summed E-state index contributed by atoms with van der Waals surface area (Å²) in [4.78, 5) is 55.4. The van der Waals surface area contributed by atoms with Crippen molar-refractivity contribution in [3.05, 3.63) is 236 Å². The van der Waals surface area contributed by atoms with Crippen molar-refractivity contribution in [3.63, 3.8) is 0 Å². The van der Waals surface area contributed by atoms with Gasteiger partial charge in [-0.25, -0.2) is 38.3 Å². The number of ether oxygens (including phenoxy) is 9. The number of benzene rings is 7. The summed E-state index contributed by atoms with van der Waals surface area (Å²) in [6.45, 7) is 14.8. The van der Waals surface area contributed by atoms with Gasteiger partial charge in [0.2, 0.25) is 40.4 Å². The fourth-order valence-electron chi connectivity index (χ4n) is 20.1. The zero-order valence-corrected chi connectivity index (χ0v) is 83.2.